The van der Waals surface area contributed by atoms with E-state index in [4.69, 9.17) is 11.5 Å². The molecule has 98 valence electrons. The summed E-state index contributed by atoms with van der Waals surface area (Å²) in [5.41, 5.74) is 11.3. The minimum absolute atomic E-state index is 0.0572. The van der Waals surface area contributed by atoms with Gasteiger partial charge in [0.05, 0.1) is 23.6 Å². The van der Waals surface area contributed by atoms with Crippen molar-refractivity contribution < 1.29 is 9.90 Å². The Labute approximate surface area is 105 Å². The molecule has 1 aliphatic carbocycles. The largest absolute Gasteiger partial charge is 0.397 e. The number of nitrogens with zero attached hydrogens (tertiary/aromatic N) is 1. The van der Waals surface area contributed by atoms with Crippen LogP contribution in [0.1, 0.15) is 30.6 Å². The molecule has 0 aromatic carbocycles. The number of nitrogens with one attached hydrogen (secondary N) is 1. The molecule has 1 fully saturated rings. The third-order valence-electron chi connectivity index (χ3n) is 3.70. The van der Waals surface area contributed by atoms with Crippen molar-refractivity contribution in [1.82, 2.24) is 4.98 Å². The number of hydrogen-bond acceptors (Lipinski definition) is 5. The van der Waals surface area contributed by atoms with E-state index < -0.39 is 5.91 Å². The maximum absolute atomic E-state index is 11.3. The van der Waals surface area contributed by atoms with Crippen molar-refractivity contribution in [3.05, 3.63) is 17.8 Å². The molecular formula is C12H18N4O2. The Morgan fingerprint density at radius 2 is 2.28 bits per heavy atom. The van der Waals surface area contributed by atoms with Gasteiger partial charge >= 0.3 is 0 Å². The summed E-state index contributed by atoms with van der Waals surface area (Å²) < 4.78 is 0. The van der Waals surface area contributed by atoms with Gasteiger partial charge < -0.3 is 21.9 Å². The Kier molecular flexibility index (Phi) is 2.90. The van der Waals surface area contributed by atoms with Crippen LogP contribution >= 0.6 is 0 Å². The summed E-state index contributed by atoms with van der Waals surface area (Å²) in [6.45, 7) is 3.92. The Morgan fingerprint density at radius 3 is 2.78 bits per heavy atom. The van der Waals surface area contributed by atoms with Crippen LogP contribution in [-0.2, 0) is 0 Å². The summed E-state index contributed by atoms with van der Waals surface area (Å²) in [5, 5.41) is 12.8. The molecule has 1 aromatic heterocycles. The number of primary amides is 1. The number of aliphatic hydroxyl groups excluding tert-OH is 1. The molecule has 6 N–H and O–H groups in total. The number of amides is 1. The van der Waals surface area contributed by atoms with Crippen molar-refractivity contribution in [3.63, 3.8) is 0 Å². The first-order valence-electron chi connectivity index (χ1n) is 5.82. The zero-order chi connectivity index (χ0) is 13.5. The summed E-state index contributed by atoms with van der Waals surface area (Å²) in [6.07, 6.45) is 1.74. The molecule has 6 nitrogen and oxygen atoms in total. The van der Waals surface area contributed by atoms with Crippen LogP contribution < -0.4 is 16.8 Å². The van der Waals surface area contributed by atoms with E-state index in [0.29, 0.717) is 17.9 Å². The molecule has 2 atom stereocenters. The number of nitrogens with two attached hydrogens (primary N) is 2. The molecule has 1 aliphatic rings. The number of aliphatic hydroxyl groups is 1. The number of anilines is 2. The lowest BCUT2D eigenvalue weighted by Gasteiger charge is -2.49. The van der Waals surface area contributed by atoms with Gasteiger partial charge in [0.25, 0.3) is 5.91 Å². The SMILES string of the molecule is CC1(C)C(O)CC1Nc1ncc(N)cc1C(N)=O. The molecule has 0 saturated heterocycles. The predicted molar refractivity (Wildman–Crippen MR) is 69.0 cm³/mol. The minimum Gasteiger partial charge on any atom is -0.397 e. The monoisotopic (exact) mass is 250 g/mol. The van der Waals surface area contributed by atoms with Gasteiger partial charge in [0.1, 0.15) is 5.82 Å². The highest BCUT2D eigenvalue weighted by atomic mass is 16.3. The van der Waals surface area contributed by atoms with E-state index in [-0.39, 0.29) is 23.1 Å². The first kappa shape index (κ1) is 12.6. The Morgan fingerprint density at radius 1 is 1.61 bits per heavy atom. The second-order valence-electron chi connectivity index (χ2n) is 5.30. The minimum atomic E-state index is -0.574. The van der Waals surface area contributed by atoms with E-state index in [0.717, 1.165) is 0 Å². The number of nitrogen functional groups attached to an aromatic ring is 1. The van der Waals surface area contributed by atoms with Crippen LogP contribution in [0, 0.1) is 5.41 Å². The van der Waals surface area contributed by atoms with Crippen LogP contribution in [0.25, 0.3) is 0 Å². The van der Waals surface area contributed by atoms with Crippen molar-refractivity contribution >= 4 is 17.4 Å². The first-order chi connectivity index (χ1) is 8.32. The summed E-state index contributed by atoms with van der Waals surface area (Å²) in [6, 6.07) is 1.56. The zero-order valence-electron chi connectivity index (χ0n) is 10.5. The van der Waals surface area contributed by atoms with Crippen molar-refractivity contribution in [2.75, 3.05) is 11.1 Å². The summed E-state index contributed by atoms with van der Waals surface area (Å²) in [4.78, 5) is 15.4. The third-order valence-corrected chi connectivity index (χ3v) is 3.70. The lowest BCUT2D eigenvalue weighted by molar-refractivity contribution is -0.0511. The van der Waals surface area contributed by atoms with Crippen LogP contribution in [0.4, 0.5) is 11.5 Å². The highest BCUT2D eigenvalue weighted by Gasteiger charge is 2.47. The molecule has 18 heavy (non-hydrogen) atoms. The second kappa shape index (κ2) is 4.13. The molecule has 1 heterocycles. The van der Waals surface area contributed by atoms with Gasteiger partial charge in [-0.05, 0) is 12.5 Å². The molecule has 6 heteroatoms. The Hall–Kier alpha value is -1.82. The smallest absolute Gasteiger partial charge is 0.252 e. The van der Waals surface area contributed by atoms with Gasteiger partial charge in [-0.3, -0.25) is 4.79 Å². The molecule has 0 spiro atoms. The third kappa shape index (κ3) is 1.99. The van der Waals surface area contributed by atoms with E-state index in [1.807, 2.05) is 13.8 Å². The van der Waals surface area contributed by atoms with Crippen molar-refractivity contribution in [3.8, 4) is 0 Å². The topological polar surface area (TPSA) is 114 Å². The molecule has 0 bridgehead atoms. The standard InChI is InChI=1S/C12H18N4O2/c1-12(2)8(4-9(12)17)16-11-7(10(14)18)3-6(13)5-15-11/h3,5,8-9,17H,4,13H2,1-2H3,(H2,14,18)(H,15,16). The number of carbonyl (C=O) groups excluding carboxylic acids is 1. The Bertz CT molecular complexity index is 487. The van der Waals surface area contributed by atoms with E-state index in [2.05, 4.69) is 10.3 Å². The average molecular weight is 250 g/mol. The highest BCUT2D eigenvalue weighted by molar-refractivity contribution is 5.98. The first-order valence-corrected chi connectivity index (χ1v) is 5.82. The fraction of sp³-hybridized carbons (Fsp3) is 0.500. The summed E-state index contributed by atoms with van der Waals surface area (Å²) in [7, 11) is 0. The van der Waals surface area contributed by atoms with Gasteiger partial charge in [0.15, 0.2) is 0 Å². The molecule has 1 saturated carbocycles. The molecule has 1 aromatic rings. The maximum Gasteiger partial charge on any atom is 0.252 e. The number of aromatic nitrogens is 1. The van der Waals surface area contributed by atoms with Crippen molar-refractivity contribution in [2.24, 2.45) is 11.1 Å². The van der Waals surface area contributed by atoms with Gasteiger partial charge in [-0.15, -0.1) is 0 Å². The van der Waals surface area contributed by atoms with Gasteiger partial charge in [-0.2, -0.15) is 0 Å². The molecule has 2 rings (SSSR count). The van der Waals surface area contributed by atoms with E-state index in [1.54, 1.807) is 0 Å². The average Bonchev–Trinajstić information content (AvgIpc) is 2.30. The Balaban J connectivity index is 2.23. The number of carbonyl (C=O) groups is 1. The lowest BCUT2D eigenvalue weighted by Crippen LogP contribution is -2.57. The summed E-state index contributed by atoms with van der Waals surface area (Å²) in [5.74, 6) is -0.156. The number of hydrogen-bond donors (Lipinski definition) is 4. The van der Waals surface area contributed by atoms with Gasteiger partial charge in [-0.1, -0.05) is 13.8 Å². The molecule has 2 unspecified atom stereocenters. The van der Waals surface area contributed by atoms with Crippen LogP contribution in [0.3, 0.4) is 0 Å². The van der Waals surface area contributed by atoms with Gasteiger partial charge in [0.2, 0.25) is 0 Å². The molecular weight excluding hydrogens is 232 g/mol. The van der Waals surface area contributed by atoms with Crippen molar-refractivity contribution in [1.29, 1.82) is 0 Å². The van der Waals surface area contributed by atoms with Gasteiger partial charge in [0, 0.05) is 11.5 Å². The molecule has 1 amide bonds. The predicted octanol–water partition coefficient (Wildman–Crippen LogP) is 0.334. The maximum atomic E-state index is 11.3. The van der Waals surface area contributed by atoms with E-state index in [1.165, 1.54) is 12.3 Å². The van der Waals surface area contributed by atoms with Crippen LogP contribution in [0.5, 0.6) is 0 Å². The normalized spacial score (nSPS) is 25.3. The van der Waals surface area contributed by atoms with E-state index >= 15 is 0 Å². The number of rotatable bonds is 3. The molecule has 0 radical (unpaired) electrons. The van der Waals surface area contributed by atoms with Crippen LogP contribution in [0.15, 0.2) is 12.3 Å². The van der Waals surface area contributed by atoms with E-state index in [9.17, 15) is 9.90 Å². The lowest BCUT2D eigenvalue weighted by atomic mass is 9.64. The fourth-order valence-corrected chi connectivity index (χ4v) is 2.10. The molecule has 0 aliphatic heterocycles. The quantitative estimate of drug-likeness (QED) is 0.617. The van der Waals surface area contributed by atoms with Crippen LogP contribution in [-0.4, -0.2) is 28.1 Å². The fourth-order valence-electron chi connectivity index (χ4n) is 2.10. The second-order valence-corrected chi connectivity index (χ2v) is 5.30. The number of pyridine rings is 1. The zero-order valence-corrected chi connectivity index (χ0v) is 10.5. The highest BCUT2D eigenvalue weighted by Crippen LogP contribution is 2.42. The van der Waals surface area contributed by atoms with Crippen LogP contribution in [0.2, 0.25) is 0 Å². The summed E-state index contributed by atoms with van der Waals surface area (Å²) >= 11 is 0. The van der Waals surface area contributed by atoms with Gasteiger partial charge in [-0.25, -0.2) is 4.98 Å². The van der Waals surface area contributed by atoms with Crippen molar-refractivity contribution in [2.45, 2.75) is 32.4 Å².